The highest BCUT2D eigenvalue weighted by molar-refractivity contribution is 7.89. The Morgan fingerprint density at radius 2 is 1.95 bits per heavy atom. The SMILES string of the molecule is CCCCCN(C(C)C)S(=O)(=O)c1ccc(CN)cc1F. The Morgan fingerprint density at radius 3 is 2.43 bits per heavy atom. The van der Waals surface area contributed by atoms with Crippen molar-refractivity contribution in [1.29, 1.82) is 0 Å². The zero-order valence-corrected chi connectivity index (χ0v) is 13.8. The van der Waals surface area contributed by atoms with E-state index >= 15 is 0 Å². The van der Waals surface area contributed by atoms with Gasteiger partial charge in [-0.3, -0.25) is 0 Å². The van der Waals surface area contributed by atoms with Crippen LogP contribution in [0.15, 0.2) is 23.1 Å². The van der Waals surface area contributed by atoms with E-state index in [0.29, 0.717) is 12.1 Å². The number of hydrogen-bond donors (Lipinski definition) is 1. The first-order valence-electron chi connectivity index (χ1n) is 7.35. The second kappa shape index (κ2) is 7.87. The van der Waals surface area contributed by atoms with Gasteiger partial charge in [-0.25, -0.2) is 12.8 Å². The Balaban J connectivity index is 3.11. The smallest absolute Gasteiger partial charge is 0.246 e. The van der Waals surface area contributed by atoms with Crippen LogP contribution in [-0.2, 0) is 16.6 Å². The minimum atomic E-state index is -3.82. The number of halogens is 1. The maximum atomic E-state index is 14.1. The van der Waals surface area contributed by atoms with Crippen LogP contribution in [0.4, 0.5) is 4.39 Å². The molecule has 0 heterocycles. The largest absolute Gasteiger partial charge is 0.326 e. The van der Waals surface area contributed by atoms with E-state index in [0.717, 1.165) is 19.3 Å². The first-order chi connectivity index (χ1) is 9.84. The lowest BCUT2D eigenvalue weighted by atomic mass is 10.2. The third-order valence-corrected chi connectivity index (χ3v) is 5.49. The predicted molar refractivity (Wildman–Crippen MR) is 82.8 cm³/mol. The minimum absolute atomic E-state index is 0.182. The number of sulfonamides is 1. The van der Waals surface area contributed by atoms with Gasteiger partial charge in [-0.15, -0.1) is 0 Å². The lowest BCUT2D eigenvalue weighted by Gasteiger charge is -2.26. The van der Waals surface area contributed by atoms with Crippen LogP contribution in [0.1, 0.15) is 45.6 Å². The van der Waals surface area contributed by atoms with Crippen LogP contribution in [0, 0.1) is 5.82 Å². The molecule has 0 unspecified atom stereocenters. The van der Waals surface area contributed by atoms with Gasteiger partial charge in [0, 0.05) is 19.1 Å². The van der Waals surface area contributed by atoms with Crippen molar-refractivity contribution >= 4 is 10.0 Å². The van der Waals surface area contributed by atoms with E-state index in [1.807, 2.05) is 0 Å². The quantitative estimate of drug-likeness (QED) is 0.750. The maximum Gasteiger partial charge on any atom is 0.246 e. The van der Waals surface area contributed by atoms with E-state index in [4.69, 9.17) is 5.73 Å². The summed E-state index contributed by atoms with van der Waals surface area (Å²) in [6.45, 7) is 6.25. The number of nitrogens with zero attached hydrogens (tertiary/aromatic N) is 1. The van der Waals surface area contributed by atoms with Crippen LogP contribution >= 0.6 is 0 Å². The van der Waals surface area contributed by atoms with Crippen molar-refractivity contribution < 1.29 is 12.8 Å². The molecule has 2 N–H and O–H groups in total. The van der Waals surface area contributed by atoms with Crippen LogP contribution in [0.3, 0.4) is 0 Å². The summed E-state index contributed by atoms with van der Waals surface area (Å²) in [5.74, 6) is -0.737. The maximum absolute atomic E-state index is 14.1. The molecule has 0 atom stereocenters. The molecule has 0 aliphatic rings. The molecule has 0 saturated carbocycles. The van der Waals surface area contributed by atoms with E-state index in [1.54, 1.807) is 19.9 Å². The minimum Gasteiger partial charge on any atom is -0.326 e. The highest BCUT2D eigenvalue weighted by Crippen LogP contribution is 2.22. The second-order valence-electron chi connectivity index (χ2n) is 5.39. The number of unbranched alkanes of at least 4 members (excludes halogenated alkanes) is 2. The molecule has 120 valence electrons. The van der Waals surface area contributed by atoms with E-state index in [-0.39, 0.29) is 17.5 Å². The molecule has 0 amide bonds. The fourth-order valence-corrected chi connectivity index (χ4v) is 3.90. The molecule has 0 bridgehead atoms. The van der Waals surface area contributed by atoms with Crippen molar-refractivity contribution in [2.45, 2.75) is 57.5 Å². The average molecular weight is 316 g/mol. The summed E-state index contributed by atoms with van der Waals surface area (Å²) < 4.78 is 40.7. The van der Waals surface area contributed by atoms with Crippen molar-refractivity contribution in [1.82, 2.24) is 4.31 Å². The third kappa shape index (κ3) is 4.49. The molecule has 0 radical (unpaired) electrons. The first kappa shape index (κ1) is 18.1. The van der Waals surface area contributed by atoms with Gasteiger partial charge in [0.2, 0.25) is 10.0 Å². The zero-order valence-electron chi connectivity index (χ0n) is 13.0. The van der Waals surface area contributed by atoms with Gasteiger partial charge in [0.05, 0.1) is 0 Å². The van der Waals surface area contributed by atoms with Crippen molar-refractivity contribution in [3.8, 4) is 0 Å². The molecule has 0 spiro atoms. The van der Waals surface area contributed by atoms with Crippen molar-refractivity contribution in [2.24, 2.45) is 5.73 Å². The monoisotopic (exact) mass is 316 g/mol. The summed E-state index contributed by atoms with van der Waals surface area (Å²) >= 11 is 0. The van der Waals surface area contributed by atoms with Crippen LogP contribution in [0.2, 0.25) is 0 Å². The Labute approximate surface area is 127 Å². The average Bonchev–Trinajstić information content (AvgIpc) is 2.42. The van der Waals surface area contributed by atoms with Gasteiger partial charge >= 0.3 is 0 Å². The molecule has 0 aliphatic heterocycles. The number of hydrogen-bond acceptors (Lipinski definition) is 3. The predicted octanol–water partition coefficient (Wildman–Crippen LogP) is 2.87. The molecule has 0 aromatic heterocycles. The van der Waals surface area contributed by atoms with E-state index in [2.05, 4.69) is 6.92 Å². The van der Waals surface area contributed by atoms with Crippen molar-refractivity contribution in [3.63, 3.8) is 0 Å². The topological polar surface area (TPSA) is 63.4 Å². The normalized spacial score (nSPS) is 12.3. The Hall–Kier alpha value is -0.980. The summed E-state index contributed by atoms with van der Waals surface area (Å²) in [7, 11) is -3.82. The first-order valence-corrected chi connectivity index (χ1v) is 8.79. The third-order valence-electron chi connectivity index (χ3n) is 3.38. The van der Waals surface area contributed by atoms with E-state index in [9.17, 15) is 12.8 Å². The Morgan fingerprint density at radius 1 is 1.29 bits per heavy atom. The van der Waals surface area contributed by atoms with Crippen LogP contribution in [-0.4, -0.2) is 25.3 Å². The van der Waals surface area contributed by atoms with Gasteiger partial charge in [0.1, 0.15) is 10.7 Å². The zero-order chi connectivity index (χ0) is 16.0. The van der Waals surface area contributed by atoms with Gasteiger partial charge in [0.25, 0.3) is 0 Å². The van der Waals surface area contributed by atoms with Gasteiger partial charge < -0.3 is 5.73 Å². The molecular formula is C15H25FN2O2S. The van der Waals surface area contributed by atoms with Crippen LogP contribution in [0.5, 0.6) is 0 Å². The van der Waals surface area contributed by atoms with E-state index < -0.39 is 15.8 Å². The van der Waals surface area contributed by atoms with Crippen molar-refractivity contribution in [2.75, 3.05) is 6.54 Å². The lowest BCUT2D eigenvalue weighted by Crippen LogP contribution is -2.38. The summed E-state index contributed by atoms with van der Waals surface area (Å²) in [5, 5.41) is 0. The van der Waals surface area contributed by atoms with Gasteiger partial charge in [-0.1, -0.05) is 25.8 Å². The molecule has 1 aromatic rings. The van der Waals surface area contributed by atoms with Crippen LogP contribution < -0.4 is 5.73 Å². The van der Waals surface area contributed by atoms with Crippen molar-refractivity contribution in [3.05, 3.63) is 29.6 Å². The fraction of sp³-hybridized carbons (Fsp3) is 0.600. The summed E-state index contributed by atoms with van der Waals surface area (Å²) in [4.78, 5) is -0.273. The summed E-state index contributed by atoms with van der Waals surface area (Å²) in [5.41, 5.74) is 6.02. The van der Waals surface area contributed by atoms with Crippen LogP contribution in [0.25, 0.3) is 0 Å². The molecule has 0 aliphatic carbocycles. The summed E-state index contributed by atoms with van der Waals surface area (Å²) in [6, 6.07) is 3.85. The van der Waals surface area contributed by atoms with Gasteiger partial charge in [0.15, 0.2) is 0 Å². The van der Waals surface area contributed by atoms with Gasteiger partial charge in [-0.2, -0.15) is 4.31 Å². The number of rotatable bonds is 8. The van der Waals surface area contributed by atoms with Gasteiger partial charge in [-0.05, 0) is 38.0 Å². The lowest BCUT2D eigenvalue weighted by molar-refractivity contribution is 0.344. The molecule has 0 fully saturated rings. The molecule has 0 saturated heterocycles. The highest BCUT2D eigenvalue weighted by Gasteiger charge is 2.29. The number of benzene rings is 1. The second-order valence-corrected chi connectivity index (χ2v) is 7.24. The Bertz CT molecular complexity index is 559. The van der Waals surface area contributed by atoms with E-state index in [1.165, 1.54) is 16.4 Å². The standard InChI is InChI=1S/C15H25FN2O2S/c1-4-5-6-9-18(12(2)3)21(19,20)15-8-7-13(11-17)10-14(15)16/h7-8,10,12H,4-6,9,11,17H2,1-3H3. The highest BCUT2D eigenvalue weighted by atomic mass is 32.2. The molecule has 1 aromatic carbocycles. The summed E-state index contributed by atoms with van der Waals surface area (Å²) in [6.07, 6.45) is 2.73. The molecule has 21 heavy (non-hydrogen) atoms. The molecule has 4 nitrogen and oxygen atoms in total. The molecular weight excluding hydrogens is 291 g/mol. The number of nitrogens with two attached hydrogens (primary N) is 1. The molecule has 1 rings (SSSR count). The Kier molecular flexibility index (Phi) is 6.77. The molecule has 6 heteroatoms. The fourth-order valence-electron chi connectivity index (χ4n) is 2.18.